The van der Waals surface area contributed by atoms with Crippen LogP contribution in [-0.2, 0) is 6.42 Å². The first kappa shape index (κ1) is 18.3. The van der Waals surface area contributed by atoms with E-state index in [1.165, 1.54) is 28.2 Å². The third kappa shape index (κ3) is 3.41. The number of H-pyrrole nitrogens is 1. The molecule has 2 heterocycles. The molecule has 1 N–H and O–H groups in total. The van der Waals surface area contributed by atoms with Gasteiger partial charge in [-0.25, -0.2) is 9.37 Å². The average molecular weight is 394 g/mol. The Balaban J connectivity index is 1.82. The Kier molecular flexibility index (Phi) is 4.92. The van der Waals surface area contributed by atoms with Gasteiger partial charge in [-0.15, -0.1) is 0 Å². The molecule has 0 amide bonds. The molecule has 5 nitrogen and oxygen atoms in total. The van der Waals surface area contributed by atoms with Crippen molar-refractivity contribution < 1.29 is 4.39 Å². The van der Waals surface area contributed by atoms with Gasteiger partial charge < -0.3 is 0 Å². The Morgan fingerprint density at radius 2 is 1.96 bits per heavy atom. The van der Waals surface area contributed by atoms with Gasteiger partial charge in [0.25, 0.3) is 5.56 Å². The largest absolute Gasteiger partial charge is 0.292 e. The highest BCUT2D eigenvalue weighted by Gasteiger charge is 2.19. The van der Waals surface area contributed by atoms with E-state index in [0.29, 0.717) is 22.1 Å². The molecule has 0 saturated carbocycles. The monoisotopic (exact) mass is 394 g/mol. The van der Waals surface area contributed by atoms with Gasteiger partial charge in [-0.3, -0.25) is 14.9 Å². The Bertz CT molecular complexity index is 1180. The summed E-state index contributed by atoms with van der Waals surface area (Å²) in [6.07, 6.45) is 1.61. The van der Waals surface area contributed by atoms with Gasteiger partial charge in [0.1, 0.15) is 5.82 Å². The number of rotatable bonds is 5. The van der Waals surface area contributed by atoms with Crippen LogP contribution < -0.4 is 5.56 Å². The first-order chi connectivity index (χ1) is 13.6. The SMILES string of the molecule is CCCc1[nH]n(-c2nc3ccccc3s2)c(=O)c1C(C)=Nc1ccc(F)cc1. The Morgan fingerprint density at radius 1 is 1.21 bits per heavy atom. The highest BCUT2D eigenvalue weighted by molar-refractivity contribution is 7.20. The van der Waals surface area contributed by atoms with Crippen LogP contribution in [-0.4, -0.2) is 20.5 Å². The number of aryl methyl sites for hydroxylation is 1. The number of benzene rings is 2. The van der Waals surface area contributed by atoms with Gasteiger partial charge in [0.2, 0.25) is 5.13 Å². The van der Waals surface area contributed by atoms with Gasteiger partial charge in [-0.05, 0) is 49.7 Å². The lowest BCUT2D eigenvalue weighted by Gasteiger charge is -2.01. The minimum Gasteiger partial charge on any atom is -0.292 e. The molecule has 4 rings (SSSR count). The number of aromatic amines is 1. The molecular weight excluding hydrogens is 375 g/mol. The molecule has 2 aromatic heterocycles. The van der Waals surface area contributed by atoms with Crippen LogP contribution >= 0.6 is 11.3 Å². The fourth-order valence-electron chi connectivity index (χ4n) is 3.14. The molecule has 0 radical (unpaired) electrons. The van der Waals surface area contributed by atoms with Crippen LogP contribution in [0.3, 0.4) is 0 Å². The molecule has 0 atom stereocenters. The highest BCUT2D eigenvalue weighted by Crippen LogP contribution is 2.24. The van der Waals surface area contributed by atoms with Gasteiger partial charge >= 0.3 is 0 Å². The van der Waals surface area contributed by atoms with Crippen LogP contribution in [0.2, 0.25) is 0 Å². The van der Waals surface area contributed by atoms with E-state index in [1.807, 2.05) is 24.3 Å². The summed E-state index contributed by atoms with van der Waals surface area (Å²) in [7, 11) is 0. The number of thiazole rings is 1. The van der Waals surface area contributed by atoms with Crippen molar-refractivity contribution in [2.24, 2.45) is 4.99 Å². The van der Waals surface area contributed by atoms with Crippen LogP contribution in [0.4, 0.5) is 10.1 Å². The second-order valence-electron chi connectivity index (χ2n) is 6.49. The molecule has 0 aliphatic rings. The molecule has 0 aliphatic carbocycles. The standard InChI is InChI=1S/C21H19FN4OS/c1-3-6-17-19(13(2)23-15-11-9-14(22)10-12-15)20(27)26(25-17)21-24-16-7-4-5-8-18(16)28-21/h4-5,7-12,25H,3,6H2,1-2H3. The van der Waals surface area contributed by atoms with Crippen LogP contribution in [0, 0.1) is 5.82 Å². The second kappa shape index (κ2) is 7.52. The molecule has 0 fully saturated rings. The molecule has 0 saturated heterocycles. The van der Waals surface area contributed by atoms with E-state index in [1.54, 1.807) is 19.1 Å². The number of aliphatic imine (C=N–C) groups is 1. The Morgan fingerprint density at radius 3 is 2.68 bits per heavy atom. The topological polar surface area (TPSA) is 63.0 Å². The number of hydrogen-bond acceptors (Lipinski definition) is 4. The van der Waals surface area contributed by atoms with E-state index in [2.05, 4.69) is 22.0 Å². The van der Waals surface area contributed by atoms with Crippen molar-refractivity contribution in [3.05, 3.63) is 76.0 Å². The maximum atomic E-state index is 13.2. The molecule has 0 spiro atoms. The van der Waals surface area contributed by atoms with Gasteiger partial charge in [0.05, 0.1) is 27.2 Å². The molecular formula is C21H19FN4OS. The molecule has 2 aromatic carbocycles. The predicted octanol–water partition coefficient (Wildman–Crippen LogP) is 5.01. The van der Waals surface area contributed by atoms with Crippen molar-refractivity contribution in [1.29, 1.82) is 0 Å². The van der Waals surface area contributed by atoms with Crippen molar-refractivity contribution in [2.75, 3.05) is 0 Å². The zero-order chi connectivity index (χ0) is 19.7. The van der Waals surface area contributed by atoms with Crippen molar-refractivity contribution in [1.82, 2.24) is 14.8 Å². The minimum atomic E-state index is -0.317. The number of nitrogens with zero attached hydrogens (tertiary/aromatic N) is 3. The summed E-state index contributed by atoms with van der Waals surface area (Å²) in [5.74, 6) is -0.317. The zero-order valence-electron chi connectivity index (χ0n) is 15.6. The predicted molar refractivity (Wildman–Crippen MR) is 112 cm³/mol. The summed E-state index contributed by atoms with van der Waals surface area (Å²) < 4.78 is 15.7. The number of hydrogen-bond donors (Lipinski definition) is 1. The Labute approximate surface area is 165 Å². The minimum absolute atomic E-state index is 0.175. The first-order valence-corrected chi connectivity index (χ1v) is 9.89. The Hall–Kier alpha value is -3.06. The summed E-state index contributed by atoms with van der Waals surface area (Å²) >= 11 is 1.46. The van der Waals surface area contributed by atoms with Gasteiger partial charge in [0, 0.05) is 5.69 Å². The third-order valence-corrected chi connectivity index (χ3v) is 5.45. The summed E-state index contributed by atoms with van der Waals surface area (Å²) in [4.78, 5) is 22.3. The van der Waals surface area contributed by atoms with E-state index in [0.717, 1.165) is 28.8 Å². The summed E-state index contributed by atoms with van der Waals surface area (Å²) in [6.45, 7) is 3.86. The maximum absolute atomic E-state index is 13.2. The lowest BCUT2D eigenvalue weighted by atomic mass is 10.1. The lowest BCUT2D eigenvalue weighted by molar-refractivity contribution is 0.628. The van der Waals surface area contributed by atoms with Gasteiger partial charge in [0.15, 0.2) is 0 Å². The molecule has 28 heavy (non-hydrogen) atoms. The van der Waals surface area contributed by atoms with E-state index in [-0.39, 0.29) is 11.4 Å². The van der Waals surface area contributed by atoms with E-state index < -0.39 is 0 Å². The summed E-state index contributed by atoms with van der Waals surface area (Å²) in [5.41, 5.74) is 3.26. The number of halogens is 1. The van der Waals surface area contributed by atoms with Gasteiger partial charge in [-0.1, -0.05) is 36.8 Å². The van der Waals surface area contributed by atoms with Crippen molar-refractivity contribution in [2.45, 2.75) is 26.7 Å². The molecule has 7 heteroatoms. The smallest absolute Gasteiger partial charge is 0.282 e. The fraction of sp³-hybridized carbons (Fsp3) is 0.190. The lowest BCUT2D eigenvalue weighted by Crippen LogP contribution is -2.19. The second-order valence-corrected chi connectivity index (χ2v) is 7.50. The van der Waals surface area contributed by atoms with E-state index in [9.17, 15) is 9.18 Å². The molecule has 142 valence electrons. The number of nitrogens with one attached hydrogen (secondary N) is 1. The first-order valence-electron chi connectivity index (χ1n) is 9.08. The van der Waals surface area contributed by atoms with Crippen molar-refractivity contribution >= 4 is 33.0 Å². The third-order valence-electron chi connectivity index (χ3n) is 4.42. The quantitative estimate of drug-likeness (QED) is 0.484. The van der Waals surface area contributed by atoms with Crippen molar-refractivity contribution in [3.63, 3.8) is 0 Å². The van der Waals surface area contributed by atoms with Crippen LogP contribution in [0.1, 0.15) is 31.5 Å². The summed E-state index contributed by atoms with van der Waals surface area (Å²) in [6, 6.07) is 13.7. The molecule has 0 unspecified atom stereocenters. The normalized spacial score (nSPS) is 12.0. The molecule has 0 bridgehead atoms. The van der Waals surface area contributed by atoms with Crippen LogP contribution in [0.25, 0.3) is 15.3 Å². The van der Waals surface area contributed by atoms with Crippen LogP contribution in [0.15, 0.2) is 58.3 Å². The van der Waals surface area contributed by atoms with Crippen LogP contribution in [0.5, 0.6) is 0 Å². The number of fused-ring (bicyclic) bond motifs is 1. The van der Waals surface area contributed by atoms with E-state index >= 15 is 0 Å². The maximum Gasteiger partial charge on any atom is 0.282 e. The summed E-state index contributed by atoms with van der Waals surface area (Å²) in [5, 5.41) is 3.82. The zero-order valence-corrected chi connectivity index (χ0v) is 16.4. The molecule has 0 aliphatic heterocycles. The average Bonchev–Trinajstić information content (AvgIpc) is 3.24. The number of aromatic nitrogens is 3. The number of para-hydroxylation sites is 1. The molecule has 4 aromatic rings. The highest BCUT2D eigenvalue weighted by atomic mass is 32.1. The fourth-order valence-corrected chi connectivity index (χ4v) is 4.07. The van der Waals surface area contributed by atoms with Crippen molar-refractivity contribution in [3.8, 4) is 5.13 Å². The van der Waals surface area contributed by atoms with Gasteiger partial charge in [-0.2, -0.15) is 4.68 Å². The van der Waals surface area contributed by atoms with E-state index in [4.69, 9.17) is 0 Å².